The highest BCUT2D eigenvalue weighted by Gasteiger charge is 2.19. The van der Waals surface area contributed by atoms with Crippen LogP contribution in [0.25, 0.3) is 10.8 Å². The molecule has 1 atom stereocenters. The zero-order valence-corrected chi connectivity index (χ0v) is 11.4. The Morgan fingerprint density at radius 1 is 1.15 bits per heavy atom. The summed E-state index contributed by atoms with van der Waals surface area (Å²) in [6, 6.07) is 12.8. The second-order valence-corrected chi connectivity index (χ2v) is 4.75. The van der Waals surface area contributed by atoms with Gasteiger partial charge in [-0.25, -0.2) is 4.79 Å². The number of amides is 1. The average molecular weight is 292 g/mol. The summed E-state index contributed by atoms with van der Waals surface area (Å²) in [6.07, 6.45) is -0.933. The van der Waals surface area contributed by atoms with E-state index in [2.05, 4.69) is 5.32 Å². The van der Waals surface area contributed by atoms with Gasteiger partial charge in [-0.05, 0) is 22.8 Å². The normalized spacial score (nSPS) is 12.1. The average Bonchev–Trinajstić information content (AvgIpc) is 2.45. The molecule has 104 valence electrons. The Morgan fingerprint density at radius 2 is 1.85 bits per heavy atom. The Bertz CT molecular complexity index is 642. The standard InChI is InChI=1S/C15H14ClNO3/c16-9-14(18)13(17-15(19)20)8-10-5-6-11-3-1-2-4-12(11)7-10/h1-7,13,17H,8-9H2,(H,19,20). The second kappa shape index (κ2) is 6.39. The third kappa shape index (κ3) is 3.48. The van der Waals surface area contributed by atoms with Crippen LogP contribution < -0.4 is 5.32 Å². The van der Waals surface area contributed by atoms with Crippen LogP contribution in [0, 0.1) is 0 Å². The van der Waals surface area contributed by atoms with E-state index in [0.29, 0.717) is 6.42 Å². The number of hydrogen-bond acceptors (Lipinski definition) is 2. The zero-order chi connectivity index (χ0) is 14.5. The van der Waals surface area contributed by atoms with Crippen molar-refractivity contribution < 1.29 is 14.7 Å². The van der Waals surface area contributed by atoms with Crippen molar-refractivity contribution in [2.45, 2.75) is 12.5 Å². The number of rotatable bonds is 5. The smallest absolute Gasteiger partial charge is 0.405 e. The maximum Gasteiger partial charge on any atom is 0.405 e. The molecule has 2 aromatic rings. The molecule has 1 amide bonds. The minimum atomic E-state index is -1.23. The number of carboxylic acid groups (broad SMARTS) is 1. The molecule has 20 heavy (non-hydrogen) atoms. The van der Waals surface area contributed by atoms with E-state index < -0.39 is 12.1 Å². The van der Waals surface area contributed by atoms with E-state index in [9.17, 15) is 9.59 Å². The molecule has 0 bridgehead atoms. The van der Waals surface area contributed by atoms with E-state index in [1.54, 1.807) is 0 Å². The van der Waals surface area contributed by atoms with Crippen molar-refractivity contribution in [2.24, 2.45) is 0 Å². The van der Waals surface area contributed by atoms with Gasteiger partial charge in [0.2, 0.25) is 0 Å². The first-order valence-corrected chi connectivity index (χ1v) is 6.69. The van der Waals surface area contributed by atoms with Gasteiger partial charge in [-0.15, -0.1) is 11.6 Å². The number of nitrogens with one attached hydrogen (secondary N) is 1. The molecule has 0 aromatic heterocycles. The van der Waals surface area contributed by atoms with Crippen LogP contribution in [-0.4, -0.2) is 28.9 Å². The molecule has 0 spiro atoms. The van der Waals surface area contributed by atoms with Crippen molar-refractivity contribution in [3.8, 4) is 0 Å². The van der Waals surface area contributed by atoms with Crippen molar-refractivity contribution >= 4 is 34.2 Å². The predicted molar refractivity (Wildman–Crippen MR) is 78.3 cm³/mol. The second-order valence-electron chi connectivity index (χ2n) is 4.49. The molecule has 0 saturated heterocycles. The van der Waals surface area contributed by atoms with Gasteiger partial charge in [0.25, 0.3) is 0 Å². The molecule has 0 heterocycles. The largest absolute Gasteiger partial charge is 0.465 e. The molecule has 5 heteroatoms. The van der Waals surface area contributed by atoms with Crippen LogP contribution in [0.1, 0.15) is 5.56 Å². The van der Waals surface area contributed by atoms with Crippen molar-refractivity contribution in [1.82, 2.24) is 5.32 Å². The van der Waals surface area contributed by atoms with Gasteiger partial charge in [-0.2, -0.15) is 0 Å². The van der Waals surface area contributed by atoms with Crippen LogP contribution in [0.4, 0.5) is 4.79 Å². The quantitative estimate of drug-likeness (QED) is 0.833. The Labute approximate surface area is 121 Å². The lowest BCUT2D eigenvalue weighted by molar-refractivity contribution is -0.118. The summed E-state index contributed by atoms with van der Waals surface area (Å²) in [5, 5.41) is 13.1. The molecular formula is C15H14ClNO3. The van der Waals surface area contributed by atoms with E-state index >= 15 is 0 Å². The maximum absolute atomic E-state index is 11.7. The Balaban J connectivity index is 2.23. The van der Waals surface area contributed by atoms with Crippen LogP contribution in [0.5, 0.6) is 0 Å². The molecular weight excluding hydrogens is 278 g/mol. The number of carbonyl (C=O) groups is 2. The summed E-state index contributed by atoms with van der Waals surface area (Å²) >= 11 is 5.51. The van der Waals surface area contributed by atoms with Crippen LogP contribution in [0.2, 0.25) is 0 Å². The molecule has 2 rings (SSSR count). The topological polar surface area (TPSA) is 66.4 Å². The van der Waals surface area contributed by atoms with Crippen LogP contribution in [0.15, 0.2) is 42.5 Å². The van der Waals surface area contributed by atoms with Gasteiger partial charge in [0.05, 0.1) is 11.9 Å². The third-order valence-corrected chi connectivity index (χ3v) is 3.34. The Hall–Kier alpha value is -2.07. The molecule has 0 saturated carbocycles. The minimum Gasteiger partial charge on any atom is -0.465 e. The highest BCUT2D eigenvalue weighted by Crippen LogP contribution is 2.17. The number of ketones is 1. The van der Waals surface area contributed by atoms with Gasteiger partial charge in [-0.3, -0.25) is 4.79 Å². The zero-order valence-electron chi connectivity index (χ0n) is 10.7. The molecule has 2 N–H and O–H groups in total. The van der Waals surface area contributed by atoms with Gasteiger partial charge in [-0.1, -0.05) is 42.5 Å². The highest BCUT2D eigenvalue weighted by atomic mass is 35.5. The number of Topliss-reactive ketones (excluding diaryl/α,β-unsaturated/α-hetero) is 1. The van der Waals surface area contributed by atoms with E-state index in [4.69, 9.17) is 16.7 Å². The van der Waals surface area contributed by atoms with E-state index in [-0.39, 0.29) is 11.7 Å². The molecule has 0 radical (unpaired) electrons. The predicted octanol–water partition coefficient (Wildman–Crippen LogP) is 2.83. The van der Waals surface area contributed by atoms with Crippen molar-refractivity contribution in [3.63, 3.8) is 0 Å². The van der Waals surface area contributed by atoms with Gasteiger partial charge in [0.15, 0.2) is 5.78 Å². The molecule has 2 aromatic carbocycles. The van der Waals surface area contributed by atoms with Gasteiger partial charge >= 0.3 is 6.09 Å². The molecule has 0 aliphatic carbocycles. The highest BCUT2D eigenvalue weighted by molar-refractivity contribution is 6.28. The number of carbonyl (C=O) groups excluding carboxylic acids is 1. The summed E-state index contributed by atoms with van der Waals surface area (Å²) in [6.45, 7) is 0. The fourth-order valence-electron chi connectivity index (χ4n) is 2.09. The fourth-order valence-corrected chi connectivity index (χ4v) is 2.28. The summed E-state index contributed by atoms with van der Waals surface area (Å²) < 4.78 is 0. The maximum atomic E-state index is 11.7. The summed E-state index contributed by atoms with van der Waals surface area (Å²) in [4.78, 5) is 22.4. The summed E-state index contributed by atoms with van der Waals surface area (Å²) in [5.74, 6) is -0.541. The van der Waals surface area contributed by atoms with Crippen LogP contribution in [0.3, 0.4) is 0 Å². The summed E-state index contributed by atoms with van der Waals surface area (Å²) in [5.41, 5.74) is 0.890. The fraction of sp³-hybridized carbons (Fsp3) is 0.200. The summed E-state index contributed by atoms with van der Waals surface area (Å²) in [7, 11) is 0. The van der Waals surface area contributed by atoms with Crippen LogP contribution in [-0.2, 0) is 11.2 Å². The van der Waals surface area contributed by atoms with Crippen molar-refractivity contribution in [2.75, 3.05) is 5.88 Å². The Kier molecular flexibility index (Phi) is 4.58. The lowest BCUT2D eigenvalue weighted by atomic mass is 10.00. The lowest BCUT2D eigenvalue weighted by Gasteiger charge is -2.15. The molecule has 0 aliphatic heterocycles. The molecule has 4 nitrogen and oxygen atoms in total. The van der Waals surface area contributed by atoms with Crippen molar-refractivity contribution in [3.05, 3.63) is 48.0 Å². The number of fused-ring (bicyclic) bond motifs is 1. The van der Waals surface area contributed by atoms with Crippen LogP contribution >= 0.6 is 11.6 Å². The van der Waals surface area contributed by atoms with Gasteiger partial charge < -0.3 is 10.4 Å². The Morgan fingerprint density at radius 3 is 2.50 bits per heavy atom. The minimum absolute atomic E-state index is 0.210. The van der Waals surface area contributed by atoms with E-state index in [1.165, 1.54) is 0 Å². The molecule has 1 unspecified atom stereocenters. The number of benzene rings is 2. The van der Waals surface area contributed by atoms with E-state index in [1.807, 2.05) is 42.5 Å². The first-order valence-electron chi connectivity index (χ1n) is 6.16. The van der Waals surface area contributed by atoms with Crippen molar-refractivity contribution in [1.29, 1.82) is 0 Å². The molecule has 0 fully saturated rings. The van der Waals surface area contributed by atoms with Gasteiger partial charge in [0.1, 0.15) is 0 Å². The molecule has 0 aliphatic rings. The SMILES string of the molecule is O=C(O)NC(Cc1ccc2ccccc2c1)C(=O)CCl. The van der Waals surface area contributed by atoms with Gasteiger partial charge in [0, 0.05) is 0 Å². The van der Waals surface area contributed by atoms with E-state index in [0.717, 1.165) is 16.3 Å². The lowest BCUT2D eigenvalue weighted by Crippen LogP contribution is -2.42. The monoisotopic (exact) mass is 291 g/mol. The third-order valence-electron chi connectivity index (χ3n) is 3.07. The number of hydrogen-bond donors (Lipinski definition) is 2. The first kappa shape index (κ1) is 14.3. The number of halogens is 1. The first-order chi connectivity index (χ1) is 9.60. The number of alkyl halides is 1.